The molecule has 0 N–H and O–H groups in total. The minimum Gasteiger partial charge on any atom is -0.274 e. The summed E-state index contributed by atoms with van der Waals surface area (Å²) in [5.41, 5.74) is 0.757. The minimum atomic E-state index is -0.120. The average molecular weight is 368 g/mol. The first-order valence-corrected chi connectivity index (χ1v) is 11.1. The molecule has 7 rings (SSSR count). The summed E-state index contributed by atoms with van der Waals surface area (Å²) in [6.45, 7) is 2.20. The number of hydrogen-bond acceptors (Lipinski definition) is 3. The van der Waals surface area contributed by atoms with Gasteiger partial charge in [-0.05, 0) is 67.9 Å². The van der Waals surface area contributed by atoms with E-state index in [1.54, 1.807) is 0 Å². The lowest BCUT2D eigenvalue weighted by molar-refractivity contribution is -0.126. The lowest BCUT2D eigenvalue weighted by atomic mass is 9.48. The molecule has 1 unspecified atom stereocenters. The van der Waals surface area contributed by atoms with Crippen molar-refractivity contribution in [1.82, 2.24) is 0 Å². The van der Waals surface area contributed by atoms with Gasteiger partial charge in [-0.2, -0.15) is 0 Å². The maximum Gasteiger partial charge on any atom is 0.239 e. The fraction of sp³-hybridized carbons (Fsp3) is 0.636. The molecule has 1 spiro atoms. The molecular weight excluding hydrogens is 342 g/mol. The van der Waals surface area contributed by atoms with Gasteiger partial charge in [0.25, 0.3) is 0 Å². The van der Waals surface area contributed by atoms with Crippen LogP contribution in [0.25, 0.3) is 0 Å². The number of rotatable bonds is 1. The second-order valence-corrected chi connectivity index (χ2v) is 11.0. The molecule has 1 aromatic carbocycles. The van der Waals surface area contributed by atoms with Gasteiger partial charge in [-0.25, -0.2) is 4.90 Å². The number of carbonyl (C=O) groups excluding carboxylic acids is 2. The third-order valence-corrected chi connectivity index (χ3v) is 10.2. The number of hydrogen-bond donors (Lipinski definition) is 0. The Morgan fingerprint density at radius 3 is 2.15 bits per heavy atom. The molecule has 4 bridgehead atoms. The third-order valence-electron chi connectivity index (χ3n) is 8.16. The van der Waals surface area contributed by atoms with Gasteiger partial charge in [-0.1, -0.05) is 25.1 Å². The Kier molecular flexibility index (Phi) is 3.12. The monoisotopic (exact) mass is 367 g/mol. The second kappa shape index (κ2) is 5.15. The molecule has 6 fully saturated rings. The van der Waals surface area contributed by atoms with Crippen molar-refractivity contribution < 1.29 is 9.59 Å². The first kappa shape index (κ1) is 15.7. The summed E-state index contributed by atoms with van der Waals surface area (Å²) in [5, 5.41) is 0.252. The first-order valence-electron chi connectivity index (χ1n) is 10.2. The topological polar surface area (TPSA) is 37.4 Å². The molecule has 3 nitrogen and oxygen atoms in total. The molecule has 0 aromatic heterocycles. The van der Waals surface area contributed by atoms with Crippen molar-refractivity contribution in [2.24, 2.45) is 35.5 Å². The Morgan fingerprint density at radius 1 is 0.923 bits per heavy atom. The van der Waals surface area contributed by atoms with Crippen LogP contribution in [-0.2, 0) is 9.59 Å². The lowest BCUT2D eigenvalue weighted by Crippen LogP contribution is -2.59. The number of nitrogens with zero attached hydrogens (tertiary/aromatic N) is 1. The molecular formula is C22H25NO2S. The largest absolute Gasteiger partial charge is 0.274 e. The zero-order valence-electron chi connectivity index (χ0n) is 15.1. The van der Waals surface area contributed by atoms with Crippen molar-refractivity contribution in [2.45, 2.75) is 49.0 Å². The van der Waals surface area contributed by atoms with E-state index in [2.05, 4.69) is 6.92 Å². The molecule has 0 radical (unpaired) electrons. The van der Waals surface area contributed by atoms with Crippen LogP contribution in [0.2, 0.25) is 0 Å². The fourth-order valence-corrected chi connectivity index (χ4v) is 9.79. The molecule has 6 aliphatic rings. The smallest absolute Gasteiger partial charge is 0.239 e. The summed E-state index contributed by atoms with van der Waals surface area (Å²) in [7, 11) is 0. The Hall–Kier alpha value is -1.29. The number of anilines is 1. The van der Waals surface area contributed by atoms with Crippen LogP contribution in [0.5, 0.6) is 0 Å². The van der Waals surface area contributed by atoms with Crippen LogP contribution in [0.3, 0.4) is 0 Å². The normalized spacial score (nSPS) is 48.7. The highest BCUT2D eigenvalue weighted by molar-refractivity contribution is 8.01. The van der Waals surface area contributed by atoms with Crippen molar-refractivity contribution in [2.75, 3.05) is 4.90 Å². The van der Waals surface area contributed by atoms with Crippen molar-refractivity contribution >= 4 is 29.3 Å². The molecule has 4 heteroatoms. The molecule has 2 aliphatic heterocycles. The summed E-state index contributed by atoms with van der Waals surface area (Å²) < 4.78 is 0.0355. The van der Waals surface area contributed by atoms with Gasteiger partial charge >= 0.3 is 0 Å². The summed E-state index contributed by atoms with van der Waals surface area (Å²) in [6, 6.07) is 9.57. The fourth-order valence-electron chi connectivity index (χ4n) is 7.56. The van der Waals surface area contributed by atoms with Gasteiger partial charge in [0.2, 0.25) is 11.8 Å². The van der Waals surface area contributed by atoms with E-state index in [1.807, 2.05) is 42.1 Å². The van der Waals surface area contributed by atoms with Crippen LogP contribution in [0.4, 0.5) is 5.69 Å². The van der Waals surface area contributed by atoms with E-state index < -0.39 is 0 Å². The molecule has 2 saturated heterocycles. The summed E-state index contributed by atoms with van der Waals surface area (Å²) in [4.78, 5) is 28.5. The van der Waals surface area contributed by atoms with Crippen LogP contribution in [-0.4, -0.2) is 21.8 Å². The third kappa shape index (κ3) is 1.77. The number of benzene rings is 1. The summed E-state index contributed by atoms with van der Waals surface area (Å²) in [6.07, 6.45) is 6.59. The second-order valence-electron chi connectivity index (χ2n) is 9.33. The number of para-hydroxylation sites is 1. The number of amides is 2. The molecule has 1 aromatic rings. The molecule has 26 heavy (non-hydrogen) atoms. The van der Waals surface area contributed by atoms with Crippen molar-refractivity contribution in [1.29, 1.82) is 0 Å². The molecule has 4 saturated carbocycles. The van der Waals surface area contributed by atoms with Gasteiger partial charge in [0.1, 0.15) is 0 Å². The Bertz CT molecular complexity index is 763. The van der Waals surface area contributed by atoms with E-state index in [9.17, 15) is 9.59 Å². The van der Waals surface area contributed by atoms with Crippen molar-refractivity contribution in [3.8, 4) is 0 Å². The highest BCUT2D eigenvalue weighted by Crippen LogP contribution is 2.71. The van der Waals surface area contributed by atoms with E-state index in [0.717, 1.165) is 17.5 Å². The first-order chi connectivity index (χ1) is 12.6. The Balaban J connectivity index is 1.45. The van der Waals surface area contributed by atoms with Gasteiger partial charge in [0, 0.05) is 10.00 Å². The Labute approximate surface area is 158 Å². The maximum absolute atomic E-state index is 13.6. The molecule has 3 atom stereocenters. The SMILES string of the molecule is CC1SC2(C3CC4CC(C3)CC2C4)[C@@H]2C(=O)N(c3ccccc3)C(=O)[C@H]12. The summed E-state index contributed by atoms with van der Waals surface area (Å²) in [5.74, 6) is 3.00. The molecule has 136 valence electrons. The maximum atomic E-state index is 13.6. The van der Waals surface area contributed by atoms with Gasteiger partial charge in [-0.3, -0.25) is 9.59 Å². The Morgan fingerprint density at radius 2 is 1.54 bits per heavy atom. The van der Waals surface area contributed by atoms with Crippen molar-refractivity contribution in [3.05, 3.63) is 30.3 Å². The predicted octanol–water partition coefficient (Wildman–Crippen LogP) is 4.12. The van der Waals surface area contributed by atoms with E-state index in [-0.39, 0.29) is 33.6 Å². The standard InChI is InChI=1S/C22H25NO2S/c1-12-18-19(21(25)23(20(18)24)17-5-3-2-4-6-17)22(26-12)15-8-13-7-14(10-15)11-16(22)9-13/h2-6,12-16,18-19H,7-11H2,1H3/t12?,13?,14?,15?,16?,18-,19+,22?/m1/s1. The number of imide groups is 1. The van der Waals surface area contributed by atoms with Gasteiger partial charge < -0.3 is 0 Å². The van der Waals surface area contributed by atoms with E-state index in [4.69, 9.17) is 0 Å². The molecule has 2 heterocycles. The molecule has 2 amide bonds. The van der Waals surface area contributed by atoms with E-state index in [0.29, 0.717) is 11.8 Å². The van der Waals surface area contributed by atoms with E-state index in [1.165, 1.54) is 37.0 Å². The number of thioether (sulfide) groups is 1. The van der Waals surface area contributed by atoms with Crippen LogP contribution >= 0.6 is 11.8 Å². The van der Waals surface area contributed by atoms with E-state index >= 15 is 0 Å². The predicted molar refractivity (Wildman–Crippen MR) is 103 cm³/mol. The van der Waals surface area contributed by atoms with Gasteiger partial charge in [0.05, 0.1) is 17.5 Å². The zero-order valence-corrected chi connectivity index (χ0v) is 16.0. The zero-order chi connectivity index (χ0) is 17.6. The van der Waals surface area contributed by atoms with Gasteiger partial charge in [-0.15, -0.1) is 11.8 Å². The van der Waals surface area contributed by atoms with Crippen LogP contribution < -0.4 is 4.90 Å². The van der Waals surface area contributed by atoms with Crippen molar-refractivity contribution in [3.63, 3.8) is 0 Å². The summed E-state index contributed by atoms with van der Waals surface area (Å²) >= 11 is 2.03. The van der Waals surface area contributed by atoms with Crippen LogP contribution in [0, 0.1) is 35.5 Å². The highest BCUT2D eigenvalue weighted by atomic mass is 32.2. The number of carbonyl (C=O) groups is 2. The highest BCUT2D eigenvalue weighted by Gasteiger charge is 2.72. The average Bonchev–Trinajstić information content (AvgIpc) is 3.08. The minimum absolute atomic E-state index is 0.0355. The lowest BCUT2D eigenvalue weighted by Gasteiger charge is -2.61. The van der Waals surface area contributed by atoms with Crippen LogP contribution in [0.15, 0.2) is 30.3 Å². The quantitative estimate of drug-likeness (QED) is 0.701. The van der Waals surface area contributed by atoms with Crippen LogP contribution in [0.1, 0.15) is 39.0 Å². The van der Waals surface area contributed by atoms with Gasteiger partial charge in [0.15, 0.2) is 0 Å². The number of fused-ring (bicyclic) bond motifs is 1. The molecule has 4 aliphatic carbocycles.